The first-order valence-corrected chi connectivity index (χ1v) is 9.19. The molecule has 130 valence electrons. The fourth-order valence-corrected chi connectivity index (χ4v) is 3.87. The maximum Gasteiger partial charge on any atom is 0.338 e. The van der Waals surface area contributed by atoms with Crippen LogP contribution in [0.4, 0.5) is 11.4 Å². The number of rotatable bonds is 5. The second-order valence-corrected chi connectivity index (χ2v) is 8.05. The van der Waals surface area contributed by atoms with Crippen molar-refractivity contribution in [3.8, 4) is 0 Å². The Hall–Kier alpha value is -2.20. The molecule has 0 spiro atoms. The molecule has 0 aromatic heterocycles. The van der Waals surface area contributed by atoms with Gasteiger partial charge in [0.1, 0.15) is 5.69 Å². The molecule has 1 aromatic carbocycles. The number of carbonyl (C=O) groups excluding carboxylic acids is 2. The van der Waals surface area contributed by atoms with Gasteiger partial charge < -0.3 is 9.64 Å². The van der Waals surface area contributed by atoms with E-state index in [-0.39, 0.29) is 24.2 Å². The molecule has 0 radical (unpaired) electrons. The standard InChI is InChI=1S/C13H13ClN2O7S/c1-23-13(18)9-2-3-10(11(5-9)16(19)20)15-6-8(4-12(15)17)7-24(14,21)22/h2-3,5,8H,4,6-7H2,1H3. The van der Waals surface area contributed by atoms with Crippen LogP contribution in [0, 0.1) is 16.0 Å². The van der Waals surface area contributed by atoms with Gasteiger partial charge in [-0.3, -0.25) is 14.9 Å². The van der Waals surface area contributed by atoms with E-state index in [1.807, 2.05) is 0 Å². The van der Waals surface area contributed by atoms with Gasteiger partial charge in [-0.1, -0.05) is 0 Å². The number of nitro benzene ring substituents is 1. The van der Waals surface area contributed by atoms with Gasteiger partial charge >= 0.3 is 5.97 Å². The molecule has 2 rings (SSSR count). The highest BCUT2D eigenvalue weighted by molar-refractivity contribution is 8.13. The number of amides is 1. The molecule has 11 heteroatoms. The van der Waals surface area contributed by atoms with Crippen molar-refractivity contribution in [2.45, 2.75) is 6.42 Å². The third kappa shape index (κ3) is 4.01. The summed E-state index contributed by atoms with van der Waals surface area (Å²) in [5.74, 6) is -2.15. The van der Waals surface area contributed by atoms with Crippen LogP contribution in [0.2, 0.25) is 0 Å². The SMILES string of the molecule is COC(=O)c1ccc(N2CC(CS(=O)(=O)Cl)CC2=O)c([N+](=O)[O-])c1. The van der Waals surface area contributed by atoms with Crippen molar-refractivity contribution in [2.24, 2.45) is 5.92 Å². The van der Waals surface area contributed by atoms with Gasteiger partial charge in [0.2, 0.25) is 15.0 Å². The smallest absolute Gasteiger partial charge is 0.338 e. The van der Waals surface area contributed by atoms with Gasteiger partial charge in [0, 0.05) is 35.6 Å². The normalized spacial score (nSPS) is 17.8. The fourth-order valence-electron chi connectivity index (χ4n) is 2.55. The summed E-state index contributed by atoms with van der Waals surface area (Å²) in [5.41, 5.74) is -0.479. The number of nitrogens with zero attached hydrogens (tertiary/aromatic N) is 2. The molecule has 0 aliphatic carbocycles. The Morgan fingerprint density at radius 1 is 1.50 bits per heavy atom. The Bertz CT molecular complexity index is 809. The summed E-state index contributed by atoms with van der Waals surface area (Å²) in [6.45, 7) is -0.0107. The molecule has 1 saturated heterocycles. The van der Waals surface area contributed by atoms with Crippen LogP contribution in [0.3, 0.4) is 0 Å². The number of ether oxygens (including phenoxy) is 1. The molecule has 0 N–H and O–H groups in total. The van der Waals surface area contributed by atoms with Crippen LogP contribution >= 0.6 is 10.7 Å². The maximum absolute atomic E-state index is 12.1. The fraction of sp³-hybridized carbons (Fsp3) is 0.385. The maximum atomic E-state index is 12.1. The molecule has 24 heavy (non-hydrogen) atoms. The Kier molecular flexibility index (Phi) is 5.09. The number of benzene rings is 1. The first kappa shape index (κ1) is 18.1. The Morgan fingerprint density at radius 3 is 2.71 bits per heavy atom. The summed E-state index contributed by atoms with van der Waals surface area (Å²) in [6.07, 6.45) is -0.0815. The Morgan fingerprint density at radius 2 is 2.17 bits per heavy atom. The van der Waals surface area contributed by atoms with Gasteiger partial charge in [0.15, 0.2) is 0 Å². The molecule has 1 atom stereocenters. The number of methoxy groups -OCH3 is 1. The predicted octanol–water partition coefficient (Wildman–Crippen LogP) is 1.30. The second-order valence-electron chi connectivity index (χ2n) is 5.23. The molecule has 0 bridgehead atoms. The lowest BCUT2D eigenvalue weighted by atomic mass is 10.1. The molecule has 0 saturated carbocycles. The number of hydrogen-bond donors (Lipinski definition) is 0. The van der Waals surface area contributed by atoms with Crippen molar-refractivity contribution in [3.05, 3.63) is 33.9 Å². The Balaban J connectivity index is 2.36. The number of esters is 1. The zero-order valence-electron chi connectivity index (χ0n) is 12.5. The molecule has 1 aromatic rings. The monoisotopic (exact) mass is 376 g/mol. The van der Waals surface area contributed by atoms with Crippen LogP contribution < -0.4 is 4.90 Å². The number of anilines is 1. The summed E-state index contributed by atoms with van der Waals surface area (Å²) in [4.78, 5) is 35.2. The molecule has 1 unspecified atom stereocenters. The van der Waals surface area contributed by atoms with Crippen LogP contribution in [0.1, 0.15) is 16.8 Å². The third-order valence-corrected chi connectivity index (χ3v) is 4.77. The second kappa shape index (κ2) is 6.73. The average molecular weight is 377 g/mol. The van der Waals surface area contributed by atoms with Crippen molar-refractivity contribution >= 4 is 43.0 Å². The lowest BCUT2D eigenvalue weighted by Gasteiger charge is -2.17. The summed E-state index contributed by atoms with van der Waals surface area (Å²) in [5, 5.41) is 11.3. The average Bonchev–Trinajstić information content (AvgIpc) is 2.83. The number of halogens is 1. The largest absolute Gasteiger partial charge is 0.465 e. The van der Waals surface area contributed by atoms with Crippen LogP contribution in [-0.4, -0.2) is 44.6 Å². The van der Waals surface area contributed by atoms with Gasteiger partial charge in [-0.15, -0.1) is 0 Å². The molecule has 1 amide bonds. The van der Waals surface area contributed by atoms with Gasteiger partial charge in [-0.2, -0.15) is 0 Å². The topological polar surface area (TPSA) is 124 Å². The first-order chi connectivity index (χ1) is 11.1. The van der Waals surface area contributed by atoms with E-state index in [2.05, 4.69) is 4.74 Å². The van der Waals surface area contributed by atoms with Crippen molar-refractivity contribution in [1.82, 2.24) is 0 Å². The highest BCUT2D eigenvalue weighted by atomic mass is 35.7. The number of carbonyl (C=O) groups is 2. The van der Waals surface area contributed by atoms with Crippen molar-refractivity contribution in [2.75, 3.05) is 24.3 Å². The summed E-state index contributed by atoms with van der Waals surface area (Å²) < 4.78 is 26.8. The first-order valence-electron chi connectivity index (χ1n) is 6.72. The highest BCUT2D eigenvalue weighted by Gasteiger charge is 2.36. The molecule has 1 fully saturated rings. The van der Waals surface area contributed by atoms with Crippen LogP contribution in [0.15, 0.2) is 18.2 Å². The van der Waals surface area contributed by atoms with E-state index in [0.29, 0.717) is 0 Å². The Labute approximate surface area is 141 Å². The van der Waals surface area contributed by atoms with Gasteiger partial charge in [-0.25, -0.2) is 13.2 Å². The van der Waals surface area contributed by atoms with E-state index in [1.165, 1.54) is 12.1 Å². The number of hydrogen-bond acceptors (Lipinski definition) is 7. The zero-order chi connectivity index (χ0) is 18.1. The van der Waals surface area contributed by atoms with E-state index in [1.54, 1.807) is 0 Å². The van der Waals surface area contributed by atoms with Crippen LogP contribution in [0.25, 0.3) is 0 Å². The minimum atomic E-state index is -3.79. The molecule has 9 nitrogen and oxygen atoms in total. The van der Waals surface area contributed by atoms with Crippen molar-refractivity contribution in [1.29, 1.82) is 0 Å². The zero-order valence-corrected chi connectivity index (χ0v) is 14.0. The van der Waals surface area contributed by atoms with E-state index >= 15 is 0 Å². The number of nitro groups is 1. The van der Waals surface area contributed by atoms with E-state index < -0.39 is 43.2 Å². The summed E-state index contributed by atoms with van der Waals surface area (Å²) in [6, 6.07) is 3.58. The summed E-state index contributed by atoms with van der Waals surface area (Å²) in [7, 11) is 2.55. The van der Waals surface area contributed by atoms with Crippen LogP contribution in [0.5, 0.6) is 0 Å². The lowest BCUT2D eigenvalue weighted by molar-refractivity contribution is -0.384. The van der Waals surface area contributed by atoms with E-state index in [0.717, 1.165) is 18.1 Å². The molecular weight excluding hydrogens is 364 g/mol. The van der Waals surface area contributed by atoms with Gasteiger partial charge in [0.05, 0.1) is 23.3 Å². The third-order valence-electron chi connectivity index (χ3n) is 3.52. The van der Waals surface area contributed by atoms with Crippen LogP contribution in [-0.2, 0) is 18.6 Å². The summed E-state index contributed by atoms with van der Waals surface area (Å²) >= 11 is 0. The van der Waals surface area contributed by atoms with Crippen molar-refractivity contribution < 1.29 is 27.7 Å². The quantitative estimate of drug-likeness (QED) is 0.328. The lowest BCUT2D eigenvalue weighted by Crippen LogP contribution is -2.26. The van der Waals surface area contributed by atoms with Gasteiger partial charge in [-0.05, 0) is 12.1 Å². The minimum Gasteiger partial charge on any atom is -0.465 e. The highest BCUT2D eigenvalue weighted by Crippen LogP contribution is 2.34. The molecule has 1 heterocycles. The molecule has 1 aliphatic heterocycles. The molecule has 1 aliphatic rings. The predicted molar refractivity (Wildman–Crippen MR) is 84.5 cm³/mol. The minimum absolute atomic E-state index is 0.00729. The molecular formula is C13H13ClN2O7S. The van der Waals surface area contributed by atoms with Gasteiger partial charge in [0.25, 0.3) is 5.69 Å². The van der Waals surface area contributed by atoms with E-state index in [9.17, 15) is 28.1 Å². The van der Waals surface area contributed by atoms with Crippen molar-refractivity contribution in [3.63, 3.8) is 0 Å². The van der Waals surface area contributed by atoms with E-state index in [4.69, 9.17) is 10.7 Å².